The quantitative estimate of drug-likeness (QED) is 0.281. The van der Waals surface area contributed by atoms with Crippen LogP contribution in [0.5, 0.6) is 0 Å². The highest BCUT2D eigenvalue weighted by Gasteiger charge is 2.77. The molecule has 0 saturated carbocycles. The zero-order valence-electron chi connectivity index (χ0n) is 14.3. The van der Waals surface area contributed by atoms with Crippen LogP contribution in [0.4, 0.5) is 0 Å². The van der Waals surface area contributed by atoms with Crippen LogP contribution in [-0.2, 0) is 9.92 Å². The number of benzene rings is 1. The first-order chi connectivity index (χ1) is 13.2. The Hall–Kier alpha value is -2.34. The van der Waals surface area contributed by atoms with Gasteiger partial charge in [0.15, 0.2) is 5.60 Å². The molecular weight excluding hydrogens is 396 g/mol. The van der Waals surface area contributed by atoms with Gasteiger partial charge in [0.1, 0.15) is 6.10 Å². The van der Waals surface area contributed by atoms with Crippen molar-refractivity contribution in [1.29, 1.82) is 0 Å². The number of carbonyl (C=O) groups is 1. The van der Waals surface area contributed by atoms with E-state index in [-0.39, 0.29) is 5.56 Å². The van der Waals surface area contributed by atoms with Gasteiger partial charge < -0.3 is 25.2 Å². The molecular formula is C17H17ClN2O8. The highest BCUT2D eigenvalue weighted by Crippen LogP contribution is 2.53. The van der Waals surface area contributed by atoms with Crippen LogP contribution in [0.3, 0.4) is 0 Å². The van der Waals surface area contributed by atoms with Gasteiger partial charge in [-0.15, -0.1) is 0 Å². The molecule has 3 rings (SSSR count). The number of hydrogen-bond donors (Lipinski definition) is 5. The van der Waals surface area contributed by atoms with Gasteiger partial charge in [-0.1, -0.05) is 41.9 Å². The molecule has 0 aliphatic carbocycles. The van der Waals surface area contributed by atoms with Crippen molar-refractivity contribution in [1.82, 2.24) is 9.55 Å². The molecule has 1 aromatic carbocycles. The van der Waals surface area contributed by atoms with Crippen molar-refractivity contribution >= 4 is 17.4 Å². The van der Waals surface area contributed by atoms with Gasteiger partial charge in [0, 0.05) is 17.8 Å². The van der Waals surface area contributed by atoms with E-state index in [9.17, 15) is 34.8 Å². The number of aliphatic hydroxyl groups is 4. The molecule has 2 aromatic rings. The number of halogens is 1. The highest BCUT2D eigenvalue weighted by molar-refractivity contribution is 6.25. The molecule has 1 aliphatic heterocycles. The number of hydrogen-bond acceptors (Lipinski definition) is 8. The van der Waals surface area contributed by atoms with Gasteiger partial charge in [-0.05, 0) is 0 Å². The van der Waals surface area contributed by atoms with Gasteiger partial charge in [-0.2, -0.15) is 0 Å². The summed E-state index contributed by atoms with van der Waals surface area (Å²) in [6.45, 7) is -2.19. The van der Waals surface area contributed by atoms with Crippen LogP contribution in [0.15, 0.2) is 52.2 Å². The predicted molar refractivity (Wildman–Crippen MR) is 94.9 cm³/mol. The minimum Gasteiger partial charge on any atom is -0.394 e. The van der Waals surface area contributed by atoms with Crippen LogP contribution in [0.1, 0.15) is 10.4 Å². The van der Waals surface area contributed by atoms with Crippen LogP contribution < -0.4 is 11.2 Å². The average Bonchev–Trinajstić information content (AvgIpc) is 2.87. The number of ketones is 1. The lowest BCUT2D eigenvalue weighted by molar-refractivity contribution is -0.156. The maximum absolute atomic E-state index is 13.2. The second kappa shape index (κ2) is 6.92. The van der Waals surface area contributed by atoms with Crippen LogP contribution in [0.25, 0.3) is 0 Å². The van der Waals surface area contributed by atoms with Gasteiger partial charge in [0.25, 0.3) is 10.7 Å². The van der Waals surface area contributed by atoms with E-state index < -0.39 is 52.7 Å². The van der Waals surface area contributed by atoms with Crippen molar-refractivity contribution in [2.45, 2.75) is 22.5 Å². The minimum atomic E-state index is -3.13. The summed E-state index contributed by atoms with van der Waals surface area (Å²) in [7, 11) is 0. The van der Waals surface area contributed by atoms with E-state index in [4.69, 9.17) is 16.3 Å². The Morgan fingerprint density at radius 1 is 1.18 bits per heavy atom. The number of carbonyl (C=O) groups excluding carboxylic acids is 1. The third-order valence-electron chi connectivity index (χ3n) is 4.81. The zero-order valence-corrected chi connectivity index (χ0v) is 15.0. The first-order valence-corrected chi connectivity index (χ1v) is 8.49. The Labute approximate surface area is 162 Å². The van der Waals surface area contributed by atoms with Gasteiger partial charge >= 0.3 is 5.69 Å². The van der Waals surface area contributed by atoms with Gasteiger partial charge in [-0.3, -0.25) is 19.1 Å². The minimum absolute atomic E-state index is 0.110. The molecule has 0 bridgehead atoms. The third-order valence-corrected chi connectivity index (χ3v) is 5.35. The summed E-state index contributed by atoms with van der Waals surface area (Å²) in [6, 6.07) is 8.08. The number of H-pyrrole nitrogens is 1. The zero-order chi connectivity index (χ0) is 20.7. The summed E-state index contributed by atoms with van der Waals surface area (Å²) in [5, 5.41) is 39.0. The van der Waals surface area contributed by atoms with Gasteiger partial charge in [0.05, 0.1) is 13.2 Å². The molecule has 1 saturated heterocycles. The Balaban J connectivity index is 2.33. The van der Waals surface area contributed by atoms with Gasteiger partial charge in [-0.25, -0.2) is 4.79 Å². The number of rotatable bonds is 5. The summed E-state index contributed by atoms with van der Waals surface area (Å²) < 4.78 is 5.84. The molecule has 0 unspecified atom stereocenters. The van der Waals surface area contributed by atoms with Gasteiger partial charge in [0.2, 0.25) is 11.4 Å². The maximum atomic E-state index is 13.2. The standard InChI is InChI=1S/C17H17ClN2O8/c18-17(20-7-6-12(23)19-14(20)25)16(27,13(24)10-4-2-1-3-5-10)15(26,9-22)11(8-21)28-17/h1-7,11,21-22,26-27H,8-9H2,(H,19,23,25)/t11-,15-,16-,17+/m1/s1. The Morgan fingerprint density at radius 2 is 1.82 bits per heavy atom. The van der Waals surface area contributed by atoms with Crippen molar-refractivity contribution in [3.05, 3.63) is 69.0 Å². The largest absolute Gasteiger partial charge is 0.394 e. The molecule has 11 heteroatoms. The van der Waals surface area contributed by atoms with Crippen LogP contribution in [-0.4, -0.2) is 66.3 Å². The number of aromatic amines is 1. The number of nitrogens with zero attached hydrogens (tertiary/aromatic N) is 1. The number of aromatic nitrogens is 2. The molecule has 0 spiro atoms. The number of aliphatic hydroxyl groups excluding tert-OH is 2. The van der Waals surface area contributed by atoms with Crippen LogP contribution >= 0.6 is 11.6 Å². The van der Waals surface area contributed by atoms with Crippen molar-refractivity contribution in [2.75, 3.05) is 13.2 Å². The summed E-state index contributed by atoms with van der Waals surface area (Å²) in [5.41, 5.74) is -7.96. The predicted octanol–water partition coefficient (Wildman–Crippen LogP) is -1.89. The average molecular weight is 413 g/mol. The molecule has 10 nitrogen and oxygen atoms in total. The molecule has 0 radical (unpaired) electrons. The molecule has 1 aliphatic rings. The topological polar surface area (TPSA) is 162 Å². The molecule has 150 valence electrons. The van der Waals surface area contributed by atoms with Crippen LogP contribution in [0.2, 0.25) is 0 Å². The summed E-state index contributed by atoms with van der Waals surface area (Å²) in [6.07, 6.45) is -0.888. The van der Waals surface area contributed by atoms with E-state index in [1.807, 2.05) is 4.98 Å². The van der Waals surface area contributed by atoms with E-state index in [2.05, 4.69) is 0 Å². The van der Waals surface area contributed by atoms with E-state index in [0.717, 1.165) is 12.3 Å². The van der Waals surface area contributed by atoms with Crippen LogP contribution in [0, 0.1) is 0 Å². The summed E-state index contributed by atoms with van der Waals surface area (Å²) >= 11 is 6.41. The molecule has 5 N–H and O–H groups in total. The fraction of sp³-hybridized carbons (Fsp3) is 0.353. The third kappa shape index (κ3) is 2.58. The second-order valence-corrected chi connectivity index (χ2v) is 6.83. The summed E-state index contributed by atoms with van der Waals surface area (Å²) in [5.74, 6) is -1.17. The lowest BCUT2D eigenvalue weighted by Crippen LogP contribution is -2.69. The van der Waals surface area contributed by atoms with E-state index in [1.54, 1.807) is 6.07 Å². The van der Waals surface area contributed by atoms with E-state index >= 15 is 0 Å². The lowest BCUT2D eigenvalue weighted by Gasteiger charge is -2.41. The van der Waals surface area contributed by atoms with Crippen molar-refractivity contribution in [3.8, 4) is 0 Å². The highest BCUT2D eigenvalue weighted by atomic mass is 35.5. The van der Waals surface area contributed by atoms with Crippen molar-refractivity contribution in [3.63, 3.8) is 0 Å². The first kappa shape index (κ1) is 20.4. The molecule has 1 fully saturated rings. The molecule has 0 amide bonds. The molecule has 4 atom stereocenters. The molecule has 1 aromatic heterocycles. The molecule has 2 heterocycles. The smallest absolute Gasteiger partial charge is 0.331 e. The Bertz CT molecular complexity index is 1010. The SMILES string of the molecule is O=C(c1ccccc1)[C@@]1(O)[C@@](O)(CO)[C@@H](CO)O[C@@]1(Cl)n1ccc(=O)[nH]c1=O. The van der Waals surface area contributed by atoms with Crippen molar-refractivity contribution in [2.24, 2.45) is 0 Å². The monoisotopic (exact) mass is 412 g/mol. The van der Waals surface area contributed by atoms with E-state index in [1.165, 1.54) is 24.3 Å². The Kier molecular flexibility index (Phi) is 5.04. The Morgan fingerprint density at radius 3 is 2.36 bits per heavy atom. The number of alkyl halides is 1. The first-order valence-electron chi connectivity index (χ1n) is 8.11. The number of Topliss-reactive ketones (excluding diaryl/α,β-unsaturated/α-hetero) is 1. The fourth-order valence-electron chi connectivity index (χ4n) is 3.29. The lowest BCUT2D eigenvalue weighted by atomic mass is 9.75. The molecule has 28 heavy (non-hydrogen) atoms. The second-order valence-electron chi connectivity index (χ2n) is 6.32. The number of nitrogens with one attached hydrogen (secondary N) is 1. The maximum Gasteiger partial charge on any atom is 0.331 e. The summed E-state index contributed by atoms with van der Waals surface area (Å²) in [4.78, 5) is 38.8. The normalized spacial score (nSPS) is 32.4. The van der Waals surface area contributed by atoms with E-state index in [0.29, 0.717) is 4.57 Å². The number of ether oxygens (including phenoxy) is 1. The van der Waals surface area contributed by atoms with Crippen molar-refractivity contribution < 1.29 is 30.0 Å². The fourth-order valence-corrected chi connectivity index (χ4v) is 3.78.